The number of aromatic nitrogens is 2. The summed E-state index contributed by atoms with van der Waals surface area (Å²) in [7, 11) is 0. The Balaban J connectivity index is 2.64. The lowest BCUT2D eigenvalue weighted by molar-refractivity contribution is -0.384. The maximum Gasteiger partial charge on any atom is 0.280 e. The Morgan fingerprint density at radius 3 is 2.20 bits per heavy atom. The Labute approximate surface area is 125 Å². The Morgan fingerprint density at radius 2 is 1.70 bits per heavy atom. The van der Waals surface area contributed by atoms with Crippen LogP contribution >= 0.6 is 23.2 Å². The lowest BCUT2D eigenvalue weighted by Crippen LogP contribution is -2.01. The van der Waals surface area contributed by atoms with Crippen molar-refractivity contribution < 1.29 is 4.92 Å². The molecule has 5 nitrogen and oxygen atoms in total. The van der Waals surface area contributed by atoms with E-state index in [0.717, 1.165) is 0 Å². The second-order valence-electron chi connectivity index (χ2n) is 4.47. The van der Waals surface area contributed by atoms with Crippen molar-refractivity contribution in [1.29, 1.82) is 0 Å². The molecule has 0 radical (unpaired) electrons. The van der Waals surface area contributed by atoms with Gasteiger partial charge >= 0.3 is 0 Å². The summed E-state index contributed by atoms with van der Waals surface area (Å²) < 4.78 is 0. The van der Waals surface area contributed by atoms with Crippen LogP contribution in [0.15, 0.2) is 24.3 Å². The van der Waals surface area contributed by atoms with Crippen LogP contribution in [0.25, 0.3) is 11.4 Å². The Hall–Kier alpha value is -1.72. The number of nitrogens with zero attached hydrogens (tertiary/aromatic N) is 3. The maximum absolute atomic E-state index is 11.0. The van der Waals surface area contributed by atoms with E-state index in [2.05, 4.69) is 9.97 Å². The van der Waals surface area contributed by atoms with Crippen LogP contribution < -0.4 is 0 Å². The Kier molecular flexibility index (Phi) is 4.20. The van der Waals surface area contributed by atoms with E-state index < -0.39 is 4.92 Å². The summed E-state index contributed by atoms with van der Waals surface area (Å²) in [6.45, 7) is 3.84. The van der Waals surface area contributed by atoms with E-state index in [1.807, 2.05) is 13.8 Å². The fourth-order valence-electron chi connectivity index (χ4n) is 1.84. The second-order valence-corrected chi connectivity index (χ2v) is 5.19. The molecule has 0 aliphatic rings. The number of para-hydroxylation sites is 1. The number of hydrogen-bond acceptors (Lipinski definition) is 4. The van der Waals surface area contributed by atoms with Gasteiger partial charge in [0.05, 0.1) is 10.5 Å². The number of nitro benzene ring substituents is 1. The molecule has 20 heavy (non-hydrogen) atoms. The average Bonchev–Trinajstić information content (AvgIpc) is 2.37. The first-order chi connectivity index (χ1) is 9.41. The highest BCUT2D eigenvalue weighted by molar-refractivity contribution is 6.34. The van der Waals surface area contributed by atoms with Gasteiger partial charge in [0.15, 0.2) is 5.82 Å². The van der Waals surface area contributed by atoms with Crippen LogP contribution in [0.4, 0.5) is 5.69 Å². The van der Waals surface area contributed by atoms with Gasteiger partial charge in [0, 0.05) is 11.6 Å². The SMILES string of the molecule is CC(C)c1c(Cl)nc(-c2ccccc2[N+](=O)[O-])nc1Cl. The fraction of sp³-hybridized carbons (Fsp3) is 0.231. The van der Waals surface area contributed by atoms with E-state index in [0.29, 0.717) is 5.56 Å². The fourth-order valence-corrected chi connectivity index (χ4v) is 2.66. The van der Waals surface area contributed by atoms with Crippen molar-refractivity contribution in [3.63, 3.8) is 0 Å². The second kappa shape index (κ2) is 5.73. The molecule has 0 saturated carbocycles. The van der Waals surface area contributed by atoms with Gasteiger partial charge in [-0.3, -0.25) is 10.1 Å². The zero-order valence-electron chi connectivity index (χ0n) is 10.8. The standard InChI is InChI=1S/C13H11Cl2N3O2/c1-7(2)10-11(14)16-13(17-12(10)15)8-5-3-4-6-9(8)18(19)20/h3-7H,1-2H3. The molecule has 2 rings (SSSR count). The maximum atomic E-state index is 11.0. The van der Waals surface area contributed by atoms with Crippen molar-refractivity contribution in [2.24, 2.45) is 0 Å². The van der Waals surface area contributed by atoms with Crippen LogP contribution in [0.5, 0.6) is 0 Å². The summed E-state index contributed by atoms with van der Waals surface area (Å²) in [4.78, 5) is 18.8. The largest absolute Gasteiger partial charge is 0.280 e. The van der Waals surface area contributed by atoms with Gasteiger partial charge in [-0.05, 0) is 12.0 Å². The smallest absolute Gasteiger partial charge is 0.258 e. The number of rotatable bonds is 3. The Morgan fingerprint density at radius 1 is 1.15 bits per heavy atom. The third kappa shape index (κ3) is 2.73. The van der Waals surface area contributed by atoms with Crippen LogP contribution in [-0.4, -0.2) is 14.9 Å². The van der Waals surface area contributed by atoms with Gasteiger partial charge in [-0.15, -0.1) is 0 Å². The molecule has 0 aliphatic carbocycles. The van der Waals surface area contributed by atoms with Crippen molar-refractivity contribution in [3.05, 3.63) is 50.2 Å². The van der Waals surface area contributed by atoms with Gasteiger partial charge in [-0.25, -0.2) is 9.97 Å². The number of hydrogen-bond donors (Lipinski definition) is 0. The third-order valence-corrected chi connectivity index (χ3v) is 3.35. The van der Waals surface area contributed by atoms with Crippen LogP contribution in [0, 0.1) is 10.1 Å². The normalized spacial score (nSPS) is 10.8. The summed E-state index contributed by atoms with van der Waals surface area (Å²) in [5, 5.41) is 11.5. The summed E-state index contributed by atoms with van der Waals surface area (Å²) in [5.74, 6) is 0.214. The molecular weight excluding hydrogens is 301 g/mol. The van der Waals surface area contributed by atoms with Gasteiger partial charge in [0.25, 0.3) is 5.69 Å². The van der Waals surface area contributed by atoms with Crippen molar-refractivity contribution in [3.8, 4) is 11.4 Å². The predicted molar refractivity (Wildman–Crippen MR) is 78.2 cm³/mol. The average molecular weight is 312 g/mol. The number of nitro groups is 1. The summed E-state index contributed by atoms with van der Waals surface area (Å²) in [5.41, 5.74) is 0.837. The highest BCUT2D eigenvalue weighted by Gasteiger charge is 2.20. The number of halogens is 2. The van der Waals surface area contributed by atoms with Gasteiger partial charge < -0.3 is 0 Å². The molecule has 0 bridgehead atoms. The van der Waals surface area contributed by atoms with Gasteiger partial charge in [-0.2, -0.15) is 0 Å². The highest BCUT2D eigenvalue weighted by atomic mass is 35.5. The van der Waals surface area contributed by atoms with Gasteiger partial charge in [-0.1, -0.05) is 49.2 Å². The van der Waals surface area contributed by atoms with Gasteiger partial charge in [0.2, 0.25) is 0 Å². The third-order valence-electron chi connectivity index (χ3n) is 2.77. The van der Waals surface area contributed by atoms with Crippen LogP contribution in [-0.2, 0) is 0 Å². The van der Waals surface area contributed by atoms with Crippen LogP contribution in [0.1, 0.15) is 25.3 Å². The van der Waals surface area contributed by atoms with Gasteiger partial charge in [0.1, 0.15) is 10.3 Å². The first-order valence-electron chi connectivity index (χ1n) is 5.88. The highest BCUT2D eigenvalue weighted by Crippen LogP contribution is 2.33. The summed E-state index contributed by atoms with van der Waals surface area (Å²) in [6, 6.07) is 6.20. The van der Waals surface area contributed by atoms with Crippen molar-refractivity contribution in [2.45, 2.75) is 19.8 Å². The van der Waals surface area contributed by atoms with Crippen molar-refractivity contribution in [2.75, 3.05) is 0 Å². The van der Waals surface area contributed by atoms with E-state index in [-0.39, 0.29) is 33.3 Å². The molecule has 0 saturated heterocycles. The van der Waals surface area contributed by atoms with Crippen molar-refractivity contribution in [1.82, 2.24) is 9.97 Å². The van der Waals surface area contributed by atoms with E-state index in [4.69, 9.17) is 23.2 Å². The number of benzene rings is 1. The molecule has 104 valence electrons. The monoisotopic (exact) mass is 311 g/mol. The molecule has 0 N–H and O–H groups in total. The minimum Gasteiger partial charge on any atom is -0.258 e. The van der Waals surface area contributed by atoms with Crippen molar-refractivity contribution >= 4 is 28.9 Å². The zero-order chi connectivity index (χ0) is 14.9. The molecule has 0 atom stereocenters. The molecule has 1 heterocycles. The first kappa shape index (κ1) is 14.7. The molecule has 0 aliphatic heterocycles. The molecular formula is C13H11Cl2N3O2. The zero-order valence-corrected chi connectivity index (χ0v) is 12.3. The molecule has 2 aromatic rings. The molecule has 0 spiro atoms. The first-order valence-corrected chi connectivity index (χ1v) is 6.64. The minimum absolute atomic E-state index is 0.0646. The van der Waals surface area contributed by atoms with Crippen LogP contribution in [0.3, 0.4) is 0 Å². The lowest BCUT2D eigenvalue weighted by Gasteiger charge is -2.11. The molecule has 1 aromatic carbocycles. The van der Waals surface area contributed by atoms with Crippen LogP contribution in [0.2, 0.25) is 10.3 Å². The molecule has 0 fully saturated rings. The van der Waals surface area contributed by atoms with E-state index >= 15 is 0 Å². The summed E-state index contributed by atoms with van der Waals surface area (Å²) >= 11 is 12.2. The topological polar surface area (TPSA) is 68.9 Å². The molecule has 1 aromatic heterocycles. The van der Waals surface area contributed by atoms with E-state index in [9.17, 15) is 10.1 Å². The Bertz CT molecular complexity index is 651. The molecule has 0 amide bonds. The summed E-state index contributed by atoms with van der Waals surface area (Å²) in [6.07, 6.45) is 0. The lowest BCUT2D eigenvalue weighted by atomic mass is 10.1. The van der Waals surface area contributed by atoms with E-state index in [1.54, 1.807) is 18.2 Å². The predicted octanol–water partition coefficient (Wildman–Crippen LogP) is 4.48. The minimum atomic E-state index is -0.489. The molecule has 0 unspecified atom stereocenters. The van der Waals surface area contributed by atoms with E-state index in [1.165, 1.54) is 6.07 Å². The quantitative estimate of drug-likeness (QED) is 0.476. The molecule has 7 heteroatoms.